The zero-order chi connectivity index (χ0) is 13.8. The first-order valence-electron chi connectivity index (χ1n) is 6.16. The third-order valence-electron chi connectivity index (χ3n) is 3.06. The van der Waals surface area contributed by atoms with Crippen LogP contribution in [0.1, 0.15) is 17.1 Å². The predicted molar refractivity (Wildman–Crippen MR) is 76.0 cm³/mol. The summed E-state index contributed by atoms with van der Waals surface area (Å²) in [5.74, 6) is 1.90. The summed E-state index contributed by atoms with van der Waals surface area (Å²) in [6.45, 7) is 2.74. The molecule has 0 radical (unpaired) electrons. The number of anilines is 2. The lowest BCUT2D eigenvalue weighted by Gasteiger charge is -2.20. The van der Waals surface area contributed by atoms with E-state index in [1.165, 1.54) is 0 Å². The fraction of sp³-hybridized carbons (Fsp3) is 0.267. The van der Waals surface area contributed by atoms with E-state index in [4.69, 9.17) is 15.4 Å². The molecular formula is C15H17N3O. The predicted octanol–water partition coefficient (Wildman–Crippen LogP) is 2.72. The van der Waals surface area contributed by atoms with E-state index in [2.05, 4.69) is 11.0 Å². The summed E-state index contributed by atoms with van der Waals surface area (Å²) < 4.78 is 5.54. The van der Waals surface area contributed by atoms with Gasteiger partial charge in [-0.1, -0.05) is 0 Å². The molecule has 2 aromatic rings. The molecule has 0 aliphatic rings. The van der Waals surface area contributed by atoms with Crippen LogP contribution in [0.2, 0.25) is 0 Å². The highest BCUT2D eigenvalue weighted by Gasteiger charge is 2.07. The first-order valence-corrected chi connectivity index (χ1v) is 6.16. The molecule has 0 aliphatic carbocycles. The highest BCUT2D eigenvalue weighted by atomic mass is 16.3. The van der Waals surface area contributed by atoms with Crippen LogP contribution in [0.3, 0.4) is 0 Å². The molecular weight excluding hydrogens is 238 g/mol. The van der Waals surface area contributed by atoms with Crippen molar-refractivity contribution in [3.63, 3.8) is 0 Å². The van der Waals surface area contributed by atoms with Crippen molar-refractivity contribution >= 4 is 11.4 Å². The van der Waals surface area contributed by atoms with E-state index >= 15 is 0 Å². The van der Waals surface area contributed by atoms with E-state index in [1.54, 1.807) is 12.1 Å². The smallest absolute Gasteiger partial charge is 0.105 e. The van der Waals surface area contributed by atoms with Crippen molar-refractivity contribution < 1.29 is 4.42 Å². The number of nitrogens with two attached hydrogens (primary N) is 1. The van der Waals surface area contributed by atoms with E-state index in [-0.39, 0.29) is 0 Å². The number of nitrogen functional groups attached to an aromatic ring is 1. The van der Waals surface area contributed by atoms with Crippen molar-refractivity contribution in [1.29, 1.82) is 5.26 Å². The van der Waals surface area contributed by atoms with Gasteiger partial charge in [-0.05, 0) is 37.3 Å². The fourth-order valence-corrected chi connectivity index (χ4v) is 1.99. The summed E-state index contributed by atoms with van der Waals surface area (Å²) in [7, 11) is 1.98. The lowest BCUT2D eigenvalue weighted by molar-refractivity contribution is 0.483. The molecule has 1 aromatic carbocycles. The van der Waals surface area contributed by atoms with Gasteiger partial charge >= 0.3 is 0 Å². The van der Waals surface area contributed by atoms with Crippen molar-refractivity contribution in [3.05, 3.63) is 47.4 Å². The maximum Gasteiger partial charge on any atom is 0.105 e. The number of aryl methyl sites for hydroxylation is 1. The summed E-state index contributed by atoms with van der Waals surface area (Å²) in [6.07, 6.45) is 0.823. The molecule has 0 saturated carbocycles. The second-order valence-corrected chi connectivity index (χ2v) is 4.57. The van der Waals surface area contributed by atoms with E-state index in [9.17, 15) is 0 Å². The van der Waals surface area contributed by atoms with Gasteiger partial charge in [-0.3, -0.25) is 0 Å². The second kappa shape index (κ2) is 5.49. The van der Waals surface area contributed by atoms with Crippen molar-refractivity contribution in [2.45, 2.75) is 13.3 Å². The molecule has 4 nitrogen and oxygen atoms in total. The molecule has 0 atom stereocenters. The lowest BCUT2D eigenvalue weighted by Crippen LogP contribution is -2.21. The summed E-state index contributed by atoms with van der Waals surface area (Å²) in [4.78, 5) is 2.06. The molecule has 0 unspecified atom stereocenters. The van der Waals surface area contributed by atoms with E-state index in [1.807, 2.05) is 32.2 Å². The van der Waals surface area contributed by atoms with E-state index < -0.39 is 0 Å². The number of rotatable bonds is 4. The first kappa shape index (κ1) is 13.0. The molecule has 19 heavy (non-hydrogen) atoms. The Morgan fingerprint density at radius 2 is 2.11 bits per heavy atom. The number of hydrogen-bond donors (Lipinski definition) is 1. The van der Waals surface area contributed by atoms with Gasteiger partial charge in [0.05, 0.1) is 23.0 Å². The Morgan fingerprint density at radius 3 is 2.68 bits per heavy atom. The van der Waals surface area contributed by atoms with E-state index in [0.29, 0.717) is 11.3 Å². The zero-order valence-electron chi connectivity index (χ0n) is 11.2. The third kappa shape index (κ3) is 3.08. The van der Waals surface area contributed by atoms with Gasteiger partial charge < -0.3 is 15.1 Å². The summed E-state index contributed by atoms with van der Waals surface area (Å²) in [6, 6.07) is 11.4. The molecule has 0 amide bonds. The number of nitriles is 1. The lowest BCUT2D eigenvalue weighted by atomic mass is 10.1. The molecule has 2 N–H and O–H groups in total. The molecule has 0 spiro atoms. The molecule has 1 aromatic heterocycles. The van der Waals surface area contributed by atoms with Crippen LogP contribution >= 0.6 is 0 Å². The first-order chi connectivity index (χ1) is 9.10. The van der Waals surface area contributed by atoms with Crippen molar-refractivity contribution in [3.8, 4) is 6.07 Å². The Balaban J connectivity index is 2.04. The van der Waals surface area contributed by atoms with Gasteiger partial charge in [0.25, 0.3) is 0 Å². The van der Waals surface area contributed by atoms with Crippen molar-refractivity contribution in [2.75, 3.05) is 24.2 Å². The number of hydrogen-bond acceptors (Lipinski definition) is 4. The Labute approximate surface area is 113 Å². The summed E-state index contributed by atoms with van der Waals surface area (Å²) in [5, 5.41) is 8.81. The van der Waals surface area contributed by atoms with Crippen LogP contribution in [0.5, 0.6) is 0 Å². The summed E-state index contributed by atoms with van der Waals surface area (Å²) in [5.41, 5.74) is 8.09. The molecule has 2 rings (SSSR count). The van der Waals surface area contributed by atoms with Gasteiger partial charge in [-0.25, -0.2) is 0 Å². The Morgan fingerprint density at radius 1 is 1.32 bits per heavy atom. The minimum absolute atomic E-state index is 0.580. The van der Waals surface area contributed by atoms with Gasteiger partial charge in [-0.2, -0.15) is 5.26 Å². The van der Waals surface area contributed by atoms with Crippen LogP contribution in [-0.4, -0.2) is 13.6 Å². The third-order valence-corrected chi connectivity index (χ3v) is 3.06. The highest BCUT2D eigenvalue weighted by Crippen LogP contribution is 2.23. The van der Waals surface area contributed by atoms with Gasteiger partial charge in [0.1, 0.15) is 11.5 Å². The molecule has 0 bridgehead atoms. The van der Waals surface area contributed by atoms with Crippen LogP contribution in [0.15, 0.2) is 34.7 Å². The monoisotopic (exact) mass is 255 g/mol. The maximum atomic E-state index is 8.81. The maximum absolute atomic E-state index is 8.81. The normalized spacial score (nSPS) is 10.2. The van der Waals surface area contributed by atoms with Crippen molar-refractivity contribution in [2.24, 2.45) is 0 Å². The Bertz CT molecular complexity index is 610. The zero-order valence-corrected chi connectivity index (χ0v) is 11.2. The van der Waals surface area contributed by atoms with Gasteiger partial charge in [0.2, 0.25) is 0 Å². The van der Waals surface area contributed by atoms with Gasteiger partial charge in [0, 0.05) is 20.0 Å². The van der Waals surface area contributed by atoms with Crippen LogP contribution in [0.4, 0.5) is 11.4 Å². The average molecular weight is 255 g/mol. The average Bonchev–Trinajstić information content (AvgIpc) is 2.81. The molecule has 0 aliphatic heterocycles. The van der Waals surface area contributed by atoms with Crippen LogP contribution in [0, 0.1) is 18.3 Å². The topological polar surface area (TPSA) is 66.2 Å². The van der Waals surface area contributed by atoms with Crippen LogP contribution in [0.25, 0.3) is 0 Å². The van der Waals surface area contributed by atoms with Gasteiger partial charge in [0.15, 0.2) is 0 Å². The minimum atomic E-state index is 0.580. The Kier molecular flexibility index (Phi) is 3.76. The summed E-state index contributed by atoms with van der Waals surface area (Å²) >= 11 is 0. The van der Waals surface area contributed by atoms with Crippen LogP contribution in [-0.2, 0) is 6.42 Å². The quantitative estimate of drug-likeness (QED) is 0.853. The molecule has 0 saturated heterocycles. The molecule has 0 fully saturated rings. The number of nitrogens with zero attached hydrogens (tertiary/aromatic N) is 2. The fourth-order valence-electron chi connectivity index (χ4n) is 1.99. The number of likely N-dealkylation sites (N-methyl/N-ethyl adjacent to an activating group) is 1. The molecule has 1 heterocycles. The Hall–Kier alpha value is -2.41. The number of furan rings is 1. The number of benzene rings is 1. The SMILES string of the molecule is Cc1ccc(CCN(C)c2ccc(C#N)cc2N)o1. The van der Waals surface area contributed by atoms with Crippen LogP contribution < -0.4 is 10.6 Å². The largest absolute Gasteiger partial charge is 0.466 e. The standard InChI is InChI=1S/C15H17N3O/c1-11-3-5-13(19-11)7-8-18(2)15-6-4-12(10-16)9-14(15)17/h3-6,9H,7-8,17H2,1-2H3. The van der Waals surface area contributed by atoms with Gasteiger partial charge in [-0.15, -0.1) is 0 Å². The van der Waals surface area contributed by atoms with E-state index in [0.717, 1.165) is 30.2 Å². The molecule has 98 valence electrons. The minimum Gasteiger partial charge on any atom is -0.466 e. The second-order valence-electron chi connectivity index (χ2n) is 4.57. The molecule has 4 heteroatoms. The van der Waals surface area contributed by atoms with Crippen molar-refractivity contribution in [1.82, 2.24) is 0 Å². The highest BCUT2D eigenvalue weighted by molar-refractivity contribution is 5.69.